The Morgan fingerprint density at radius 3 is 2.67 bits per heavy atom. The molecule has 0 aliphatic carbocycles. The molecule has 0 aromatic carbocycles. The van der Waals surface area contributed by atoms with E-state index >= 15 is 0 Å². The quantitative estimate of drug-likeness (QED) is 0.620. The average molecular weight is 447 g/mol. The molecule has 1 saturated heterocycles. The van der Waals surface area contributed by atoms with Gasteiger partial charge in [0.2, 0.25) is 0 Å². The van der Waals surface area contributed by atoms with Crippen LogP contribution in [0.1, 0.15) is 38.3 Å². The van der Waals surface area contributed by atoms with E-state index in [4.69, 9.17) is 4.74 Å². The van der Waals surface area contributed by atoms with Crippen molar-refractivity contribution in [1.82, 2.24) is 25.2 Å². The van der Waals surface area contributed by atoms with Crippen molar-refractivity contribution in [2.45, 2.75) is 13.0 Å². The number of pyridine rings is 3. The Hall–Kier alpha value is -3.85. The lowest BCUT2D eigenvalue weighted by molar-refractivity contribution is -0.0247. The van der Waals surface area contributed by atoms with E-state index in [9.17, 15) is 9.59 Å². The van der Waals surface area contributed by atoms with Crippen LogP contribution >= 0.6 is 0 Å². The van der Waals surface area contributed by atoms with Crippen molar-refractivity contribution in [1.29, 1.82) is 0 Å². The van der Waals surface area contributed by atoms with Gasteiger partial charge in [0, 0.05) is 49.9 Å². The highest BCUT2D eigenvalue weighted by atomic mass is 16.5. The maximum Gasteiger partial charge on any atom is 0.269 e. The summed E-state index contributed by atoms with van der Waals surface area (Å²) in [4.78, 5) is 39.7. The molecule has 9 nitrogen and oxygen atoms in total. The number of hydrogen-bond donors (Lipinski definition) is 2. The van der Waals surface area contributed by atoms with Gasteiger partial charge in [-0.2, -0.15) is 0 Å². The molecule has 2 amide bonds. The average Bonchev–Trinajstić information content (AvgIpc) is 2.87. The molecule has 1 fully saturated rings. The third-order valence-electron chi connectivity index (χ3n) is 5.48. The normalized spacial score (nSPS) is 15.7. The monoisotopic (exact) mass is 446 g/mol. The number of rotatable bonds is 5. The molecule has 3 aromatic heterocycles. The van der Waals surface area contributed by atoms with Crippen LogP contribution in [0.15, 0.2) is 48.8 Å². The topological polar surface area (TPSA) is 109 Å². The van der Waals surface area contributed by atoms with Crippen molar-refractivity contribution in [3.63, 3.8) is 0 Å². The Bertz CT molecular complexity index is 1170. The minimum atomic E-state index is -0.343. The molecule has 0 radical (unpaired) electrons. The molecule has 4 heterocycles. The number of ether oxygens (including phenoxy) is 1. The van der Waals surface area contributed by atoms with Gasteiger partial charge in [-0.3, -0.25) is 19.6 Å². The van der Waals surface area contributed by atoms with Crippen LogP contribution in [0, 0.1) is 6.92 Å². The van der Waals surface area contributed by atoms with Crippen LogP contribution in [0.4, 0.5) is 5.82 Å². The summed E-state index contributed by atoms with van der Waals surface area (Å²) in [6.45, 7) is 3.25. The molecule has 1 aliphatic rings. The van der Waals surface area contributed by atoms with E-state index in [1.165, 1.54) is 0 Å². The number of carbonyl (C=O) groups is 2. The van der Waals surface area contributed by atoms with Gasteiger partial charge in [-0.1, -0.05) is 6.07 Å². The van der Waals surface area contributed by atoms with E-state index in [1.54, 1.807) is 49.6 Å². The van der Waals surface area contributed by atoms with Crippen LogP contribution < -0.4 is 10.6 Å². The molecule has 0 saturated carbocycles. The van der Waals surface area contributed by atoms with Gasteiger partial charge in [0.15, 0.2) is 0 Å². The van der Waals surface area contributed by atoms with Gasteiger partial charge in [0.1, 0.15) is 17.6 Å². The number of amides is 2. The van der Waals surface area contributed by atoms with Gasteiger partial charge in [0.25, 0.3) is 11.8 Å². The Labute approximate surface area is 192 Å². The van der Waals surface area contributed by atoms with Gasteiger partial charge in [-0.05, 0) is 42.8 Å². The van der Waals surface area contributed by atoms with Crippen molar-refractivity contribution in [3.05, 3.63) is 71.4 Å². The van der Waals surface area contributed by atoms with Gasteiger partial charge < -0.3 is 20.3 Å². The highest BCUT2D eigenvalue weighted by Gasteiger charge is 2.27. The number of nitrogens with one attached hydrogen (secondary N) is 2. The molecule has 0 spiro atoms. The molecule has 3 aromatic rings. The van der Waals surface area contributed by atoms with E-state index in [0.717, 1.165) is 22.5 Å². The maximum atomic E-state index is 13.1. The van der Waals surface area contributed by atoms with Crippen molar-refractivity contribution >= 4 is 17.6 Å². The summed E-state index contributed by atoms with van der Waals surface area (Å²) in [6.07, 6.45) is 2.95. The van der Waals surface area contributed by atoms with Crippen molar-refractivity contribution in [3.8, 4) is 11.1 Å². The third kappa shape index (κ3) is 4.98. The number of morpholine rings is 1. The largest absolute Gasteiger partial charge is 0.373 e. The lowest BCUT2D eigenvalue weighted by atomic mass is 10.0. The van der Waals surface area contributed by atoms with Crippen LogP contribution in [-0.4, -0.2) is 65.5 Å². The number of nitrogens with zero attached hydrogens (tertiary/aromatic N) is 4. The molecule has 33 heavy (non-hydrogen) atoms. The highest BCUT2D eigenvalue weighted by molar-refractivity contribution is 5.95. The molecule has 0 unspecified atom stereocenters. The lowest BCUT2D eigenvalue weighted by Crippen LogP contribution is -2.42. The molecule has 0 bridgehead atoms. The molecule has 4 rings (SSSR count). The van der Waals surface area contributed by atoms with Crippen LogP contribution in [0.3, 0.4) is 0 Å². The van der Waals surface area contributed by atoms with Gasteiger partial charge >= 0.3 is 0 Å². The SMILES string of the molecule is CNC(=O)c1ccc(-c2cc(C)nc([C@@H]3CN(C(=O)c4ccnc(NC)c4)CCO3)c2)cn1. The fraction of sp³-hybridized carbons (Fsp3) is 0.292. The van der Waals surface area contributed by atoms with Crippen molar-refractivity contribution in [2.75, 3.05) is 39.1 Å². The lowest BCUT2D eigenvalue weighted by Gasteiger charge is -2.33. The summed E-state index contributed by atoms with van der Waals surface area (Å²) >= 11 is 0. The number of aryl methyl sites for hydroxylation is 1. The van der Waals surface area contributed by atoms with E-state index in [-0.39, 0.29) is 17.9 Å². The summed E-state index contributed by atoms with van der Waals surface area (Å²) < 4.78 is 5.99. The van der Waals surface area contributed by atoms with Crippen LogP contribution in [-0.2, 0) is 4.74 Å². The van der Waals surface area contributed by atoms with E-state index in [1.807, 2.05) is 25.1 Å². The summed E-state index contributed by atoms with van der Waals surface area (Å²) in [7, 11) is 3.34. The van der Waals surface area contributed by atoms with Gasteiger partial charge in [-0.15, -0.1) is 0 Å². The summed E-state index contributed by atoms with van der Waals surface area (Å²) in [5.41, 5.74) is 4.31. The molecule has 2 N–H and O–H groups in total. The van der Waals surface area contributed by atoms with Gasteiger partial charge in [-0.25, -0.2) is 4.98 Å². The van der Waals surface area contributed by atoms with E-state index in [0.29, 0.717) is 36.8 Å². The smallest absolute Gasteiger partial charge is 0.269 e. The number of anilines is 1. The maximum absolute atomic E-state index is 13.1. The minimum Gasteiger partial charge on any atom is -0.373 e. The summed E-state index contributed by atoms with van der Waals surface area (Å²) in [5.74, 6) is 0.348. The summed E-state index contributed by atoms with van der Waals surface area (Å²) in [6, 6.07) is 10.9. The standard InChI is InChI=1S/C24H26N6O3/c1-15-10-18(17-4-5-19(28-13-17)23(31)26-3)11-20(29-15)21-14-30(8-9-33-21)24(32)16-6-7-27-22(12-16)25-2/h4-7,10-13,21H,8-9,14H2,1-3H3,(H,25,27)(H,26,31)/t21-/m0/s1. The van der Waals surface area contributed by atoms with Crippen LogP contribution in [0.2, 0.25) is 0 Å². The first-order valence-electron chi connectivity index (χ1n) is 10.7. The first kappa shape index (κ1) is 22.3. The number of aromatic nitrogens is 3. The Morgan fingerprint density at radius 2 is 1.94 bits per heavy atom. The summed E-state index contributed by atoms with van der Waals surface area (Å²) in [5, 5.41) is 5.52. The highest BCUT2D eigenvalue weighted by Crippen LogP contribution is 2.27. The third-order valence-corrected chi connectivity index (χ3v) is 5.48. The van der Waals surface area contributed by atoms with Crippen LogP contribution in [0.25, 0.3) is 11.1 Å². The zero-order chi connectivity index (χ0) is 23.4. The van der Waals surface area contributed by atoms with Gasteiger partial charge in [0.05, 0.1) is 18.8 Å². The van der Waals surface area contributed by atoms with Crippen LogP contribution in [0.5, 0.6) is 0 Å². The molecule has 1 aliphatic heterocycles. The first-order chi connectivity index (χ1) is 16.0. The minimum absolute atomic E-state index is 0.0657. The second-order valence-corrected chi connectivity index (χ2v) is 7.72. The predicted molar refractivity (Wildman–Crippen MR) is 124 cm³/mol. The van der Waals surface area contributed by atoms with Crippen molar-refractivity contribution in [2.24, 2.45) is 0 Å². The number of carbonyl (C=O) groups excluding carboxylic acids is 2. The Morgan fingerprint density at radius 1 is 1.09 bits per heavy atom. The molecule has 170 valence electrons. The molecular weight excluding hydrogens is 420 g/mol. The molecule has 9 heteroatoms. The second kappa shape index (κ2) is 9.74. The fourth-order valence-electron chi connectivity index (χ4n) is 3.75. The molecule has 1 atom stereocenters. The Balaban J connectivity index is 1.55. The predicted octanol–water partition coefficient (Wildman–Crippen LogP) is 2.46. The van der Waals surface area contributed by atoms with E-state index < -0.39 is 0 Å². The van der Waals surface area contributed by atoms with E-state index in [2.05, 4.69) is 25.6 Å². The molecular formula is C24H26N6O3. The Kier molecular flexibility index (Phi) is 6.60. The van der Waals surface area contributed by atoms with Crippen molar-refractivity contribution < 1.29 is 14.3 Å². The fourth-order valence-corrected chi connectivity index (χ4v) is 3.75. The zero-order valence-electron chi connectivity index (χ0n) is 18.8. The second-order valence-electron chi connectivity index (χ2n) is 7.72. The number of hydrogen-bond acceptors (Lipinski definition) is 7. The zero-order valence-corrected chi connectivity index (χ0v) is 18.8. The first-order valence-corrected chi connectivity index (χ1v) is 10.7.